The van der Waals surface area contributed by atoms with Crippen molar-refractivity contribution in [1.82, 2.24) is 4.90 Å². The van der Waals surface area contributed by atoms with Crippen molar-refractivity contribution in [2.24, 2.45) is 0 Å². The van der Waals surface area contributed by atoms with Crippen molar-refractivity contribution in [1.29, 1.82) is 0 Å². The number of hydrogen-bond acceptors (Lipinski definition) is 5. The standard InChI is InChI=1S/C19H25F2NO6/c20-19(21)8-6-14(12-16(19)23)4-1-2-5-15-13-28-18(26)22(15)9-3-10-27-11-7-17(24)25/h2,5-6,8,12,15-16,23H,1,3-4,7,9-11,13H2,(H,24,25). The Labute approximate surface area is 161 Å². The highest BCUT2D eigenvalue weighted by atomic mass is 19.3. The summed E-state index contributed by atoms with van der Waals surface area (Å²) in [5.41, 5.74) is 0.636. The first-order valence-electron chi connectivity index (χ1n) is 9.15. The van der Waals surface area contributed by atoms with Crippen molar-refractivity contribution in [2.75, 3.05) is 26.4 Å². The van der Waals surface area contributed by atoms with Gasteiger partial charge in [-0.1, -0.05) is 18.2 Å². The van der Waals surface area contributed by atoms with Crippen molar-refractivity contribution in [3.8, 4) is 0 Å². The predicted octanol–water partition coefficient (Wildman–Crippen LogP) is 2.52. The molecule has 0 saturated carbocycles. The number of carboxylic acid groups (broad SMARTS) is 1. The van der Waals surface area contributed by atoms with E-state index in [1.165, 1.54) is 6.08 Å². The normalized spacial score (nSPS) is 23.9. The lowest BCUT2D eigenvalue weighted by Gasteiger charge is -2.21. The minimum Gasteiger partial charge on any atom is -0.481 e. The summed E-state index contributed by atoms with van der Waals surface area (Å²) in [6.45, 7) is 1.15. The summed E-state index contributed by atoms with van der Waals surface area (Å²) in [4.78, 5) is 23.8. The first kappa shape index (κ1) is 22.0. The highest BCUT2D eigenvalue weighted by Crippen LogP contribution is 2.28. The van der Waals surface area contributed by atoms with E-state index < -0.39 is 24.1 Å². The highest BCUT2D eigenvalue weighted by molar-refractivity contribution is 5.70. The van der Waals surface area contributed by atoms with Gasteiger partial charge in [0.1, 0.15) is 12.7 Å². The van der Waals surface area contributed by atoms with Gasteiger partial charge in [-0.2, -0.15) is 8.78 Å². The average molecular weight is 401 g/mol. The van der Waals surface area contributed by atoms with Crippen molar-refractivity contribution < 1.29 is 38.1 Å². The van der Waals surface area contributed by atoms with E-state index in [2.05, 4.69) is 0 Å². The van der Waals surface area contributed by atoms with Gasteiger partial charge in [0.25, 0.3) is 5.92 Å². The van der Waals surface area contributed by atoms with E-state index in [1.54, 1.807) is 4.90 Å². The number of carbonyl (C=O) groups is 2. The molecule has 28 heavy (non-hydrogen) atoms. The number of allylic oxidation sites excluding steroid dienone is 3. The largest absolute Gasteiger partial charge is 0.481 e. The number of alkyl halides is 2. The zero-order valence-electron chi connectivity index (χ0n) is 15.4. The molecule has 1 heterocycles. The Bertz CT molecular complexity index is 646. The molecule has 1 aliphatic carbocycles. The Morgan fingerprint density at radius 2 is 2.21 bits per heavy atom. The highest BCUT2D eigenvalue weighted by Gasteiger charge is 2.36. The van der Waals surface area contributed by atoms with Crippen LogP contribution in [0.3, 0.4) is 0 Å². The molecule has 2 atom stereocenters. The molecule has 1 aliphatic heterocycles. The number of aliphatic hydroxyl groups excluding tert-OH is 1. The topological polar surface area (TPSA) is 96.3 Å². The summed E-state index contributed by atoms with van der Waals surface area (Å²) in [6, 6.07) is -0.211. The molecule has 0 aromatic heterocycles. The lowest BCUT2D eigenvalue weighted by atomic mass is 9.98. The van der Waals surface area contributed by atoms with Crippen LogP contribution < -0.4 is 0 Å². The number of cyclic esters (lactones) is 1. The summed E-state index contributed by atoms with van der Waals surface area (Å²) in [7, 11) is 0. The monoisotopic (exact) mass is 401 g/mol. The van der Waals surface area contributed by atoms with Crippen LogP contribution in [0.15, 0.2) is 36.0 Å². The van der Waals surface area contributed by atoms with Gasteiger partial charge in [0.15, 0.2) is 0 Å². The second-order valence-electron chi connectivity index (χ2n) is 6.61. The van der Waals surface area contributed by atoms with Crippen LogP contribution in [-0.4, -0.2) is 71.6 Å². The predicted molar refractivity (Wildman–Crippen MR) is 96.1 cm³/mol. The molecule has 1 fully saturated rings. The van der Waals surface area contributed by atoms with E-state index in [-0.39, 0.29) is 25.7 Å². The maximum atomic E-state index is 13.2. The maximum absolute atomic E-state index is 13.2. The Morgan fingerprint density at radius 3 is 2.93 bits per heavy atom. The smallest absolute Gasteiger partial charge is 0.410 e. The van der Waals surface area contributed by atoms with E-state index in [9.17, 15) is 23.5 Å². The van der Waals surface area contributed by atoms with Gasteiger partial charge in [0, 0.05) is 13.2 Å². The SMILES string of the molecule is O=C(O)CCOCCCN1C(=O)OCC1C=CCCC1=CC(O)C(F)(F)C=C1. The number of hydrogen-bond donors (Lipinski definition) is 2. The average Bonchev–Trinajstić information content (AvgIpc) is 2.98. The fourth-order valence-corrected chi connectivity index (χ4v) is 2.84. The molecule has 0 bridgehead atoms. The van der Waals surface area contributed by atoms with Crippen LogP contribution >= 0.6 is 0 Å². The number of nitrogens with zero attached hydrogens (tertiary/aromatic N) is 1. The van der Waals surface area contributed by atoms with Crippen molar-refractivity contribution in [3.05, 3.63) is 36.0 Å². The van der Waals surface area contributed by atoms with E-state index in [4.69, 9.17) is 14.6 Å². The second kappa shape index (κ2) is 10.3. The number of halogens is 2. The summed E-state index contributed by atoms with van der Waals surface area (Å²) >= 11 is 0. The molecule has 7 nitrogen and oxygen atoms in total. The minimum atomic E-state index is -3.22. The van der Waals surface area contributed by atoms with Gasteiger partial charge < -0.3 is 19.7 Å². The lowest BCUT2D eigenvalue weighted by molar-refractivity contribution is -0.138. The number of carboxylic acids is 1. The van der Waals surface area contributed by atoms with E-state index in [0.717, 1.165) is 6.08 Å². The van der Waals surface area contributed by atoms with Gasteiger partial charge in [-0.3, -0.25) is 9.69 Å². The van der Waals surface area contributed by atoms with Crippen LogP contribution in [0.25, 0.3) is 0 Å². The third-order valence-electron chi connectivity index (χ3n) is 4.40. The van der Waals surface area contributed by atoms with E-state index in [1.807, 2.05) is 12.2 Å². The van der Waals surface area contributed by atoms with E-state index >= 15 is 0 Å². The first-order valence-corrected chi connectivity index (χ1v) is 9.15. The third kappa shape index (κ3) is 6.72. The first-order chi connectivity index (χ1) is 13.3. The molecule has 0 aromatic rings. The van der Waals surface area contributed by atoms with E-state index in [0.29, 0.717) is 44.1 Å². The third-order valence-corrected chi connectivity index (χ3v) is 4.40. The zero-order valence-corrected chi connectivity index (χ0v) is 15.4. The number of aliphatic hydroxyl groups is 1. The summed E-state index contributed by atoms with van der Waals surface area (Å²) < 4.78 is 36.6. The summed E-state index contributed by atoms with van der Waals surface area (Å²) in [5.74, 6) is -4.14. The maximum Gasteiger partial charge on any atom is 0.410 e. The molecule has 9 heteroatoms. The molecule has 0 radical (unpaired) electrons. The molecular formula is C19H25F2NO6. The Hall–Kier alpha value is -2.26. The zero-order chi connectivity index (χ0) is 20.6. The van der Waals surface area contributed by atoms with Gasteiger partial charge in [-0.05, 0) is 37.0 Å². The molecule has 2 unspecified atom stereocenters. The van der Waals surface area contributed by atoms with Crippen LogP contribution in [-0.2, 0) is 14.3 Å². The fraction of sp³-hybridized carbons (Fsp3) is 0.579. The Morgan fingerprint density at radius 1 is 1.43 bits per heavy atom. The second-order valence-corrected chi connectivity index (χ2v) is 6.61. The lowest BCUT2D eigenvalue weighted by Crippen LogP contribution is -2.33. The molecule has 2 rings (SSSR count). The van der Waals surface area contributed by atoms with Gasteiger partial charge in [0.05, 0.1) is 19.1 Å². The number of aliphatic carboxylic acids is 1. The van der Waals surface area contributed by atoms with Crippen molar-refractivity contribution in [2.45, 2.75) is 43.8 Å². The van der Waals surface area contributed by atoms with Crippen LogP contribution in [0, 0.1) is 0 Å². The molecule has 2 aliphatic rings. The van der Waals surface area contributed by atoms with Crippen molar-refractivity contribution >= 4 is 12.1 Å². The Balaban J connectivity index is 1.71. The molecule has 156 valence electrons. The van der Waals surface area contributed by atoms with Gasteiger partial charge in [-0.25, -0.2) is 4.79 Å². The summed E-state index contributed by atoms with van der Waals surface area (Å²) in [5, 5.41) is 17.9. The molecule has 0 aromatic carbocycles. The molecular weight excluding hydrogens is 376 g/mol. The van der Waals surface area contributed by atoms with Gasteiger partial charge in [0.2, 0.25) is 0 Å². The number of rotatable bonds is 11. The number of carbonyl (C=O) groups excluding carboxylic acids is 1. The van der Waals surface area contributed by atoms with Crippen LogP contribution in [0.2, 0.25) is 0 Å². The quantitative estimate of drug-likeness (QED) is 0.408. The van der Waals surface area contributed by atoms with Crippen LogP contribution in [0.1, 0.15) is 25.7 Å². The van der Waals surface area contributed by atoms with Gasteiger partial charge in [-0.15, -0.1) is 0 Å². The molecule has 2 N–H and O–H groups in total. The molecule has 1 saturated heterocycles. The van der Waals surface area contributed by atoms with Crippen LogP contribution in [0.4, 0.5) is 13.6 Å². The van der Waals surface area contributed by atoms with Crippen molar-refractivity contribution in [3.63, 3.8) is 0 Å². The minimum absolute atomic E-state index is 0.0581. The fourth-order valence-electron chi connectivity index (χ4n) is 2.84. The van der Waals surface area contributed by atoms with Gasteiger partial charge >= 0.3 is 12.1 Å². The summed E-state index contributed by atoms with van der Waals surface area (Å²) in [6.07, 6.45) is 6.25. The number of ether oxygens (including phenoxy) is 2. The van der Waals surface area contributed by atoms with Crippen LogP contribution in [0.5, 0.6) is 0 Å². The molecule has 1 amide bonds. The molecule has 0 spiro atoms. The Kier molecular flexibility index (Phi) is 8.13. The number of amides is 1.